The Bertz CT molecular complexity index is 804. The molecule has 0 saturated carbocycles. The topological polar surface area (TPSA) is 24.1 Å². The minimum absolute atomic E-state index is 0. The minimum atomic E-state index is 0. The van der Waals surface area contributed by atoms with Crippen LogP contribution in [0, 0.1) is 18.8 Å². The molecule has 2 N–H and O–H groups in total. The van der Waals surface area contributed by atoms with Gasteiger partial charge in [-0.15, -0.1) is 5.92 Å². The van der Waals surface area contributed by atoms with Crippen molar-refractivity contribution in [1.82, 2.24) is 10.6 Å². The van der Waals surface area contributed by atoms with Gasteiger partial charge in [0, 0.05) is 18.4 Å². The van der Waals surface area contributed by atoms with Crippen LogP contribution in [0.1, 0.15) is 58.2 Å². The van der Waals surface area contributed by atoms with E-state index in [-0.39, 0.29) is 1.43 Å². The van der Waals surface area contributed by atoms with Crippen LogP contribution in [0.3, 0.4) is 0 Å². The van der Waals surface area contributed by atoms with Gasteiger partial charge in [-0.1, -0.05) is 37.1 Å². The molecule has 0 bridgehead atoms. The molecule has 0 amide bonds. The fourth-order valence-electron chi connectivity index (χ4n) is 3.07. The van der Waals surface area contributed by atoms with Crippen molar-refractivity contribution in [2.24, 2.45) is 0 Å². The van der Waals surface area contributed by atoms with E-state index < -0.39 is 0 Å². The number of dihydropyridines is 1. The molecule has 1 aliphatic rings. The molecular weight excluding hydrogens is 328 g/mol. The summed E-state index contributed by atoms with van der Waals surface area (Å²) in [5.41, 5.74) is 6.26. The Morgan fingerprint density at radius 1 is 1.37 bits per heavy atom. The summed E-state index contributed by atoms with van der Waals surface area (Å²) in [6.45, 7) is 8.36. The first-order valence-corrected chi connectivity index (χ1v) is 9.91. The highest BCUT2D eigenvalue weighted by molar-refractivity contribution is 5.42. The Morgan fingerprint density at radius 2 is 2.22 bits per heavy atom. The smallest absolute Gasteiger partial charge is 0.0629 e. The molecule has 0 radical (unpaired) electrons. The van der Waals surface area contributed by atoms with Gasteiger partial charge in [-0.05, 0) is 88.1 Å². The third-order valence-corrected chi connectivity index (χ3v) is 4.62. The van der Waals surface area contributed by atoms with Gasteiger partial charge in [0.2, 0.25) is 0 Å². The van der Waals surface area contributed by atoms with Gasteiger partial charge in [0.05, 0.1) is 6.04 Å². The second-order valence-corrected chi connectivity index (χ2v) is 6.90. The molecule has 0 saturated heterocycles. The Kier molecular flexibility index (Phi) is 8.52. The standard InChI is InChI=1S/C25H32N2.H2/c1-5-7-8-13-24(27-25-15-10-18-26-21(25)4)14-9-12-22-16-17-23(11-6-2)20(3)19-22;/h7-8,10,13,15-19,21,26-27H,5,9,12,14H2,1-4H3;1H/b8-7+,24-13-;. The third kappa shape index (κ3) is 6.87. The maximum absolute atomic E-state index is 3.63. The summed E-state index contributed by atoms with van der Waals surface area (Å²) in [7, 11) is 0. The summed E-state index contributed by atoms with van der Waals surface area (Å²) in [4.78, 5) is 0. The van der Waals surface area contributed by atoms with E-state index in [1.807, 2.05) is 19.2 Å². The molecule has 1 atom stereocenters. The zero-order valence-electron chi connectivity index (χ0n) is 17.1. The van der Waals surface area contributed by atoms with Gasteiger partial charge in [-0.3, -0.25) is 0 Å². The number of rotatable bonds is 8. The summed E-state index contributed by atoms with van der Waals surface area (Å²) in [5, 5.41) is 6.97. The van der Waals surface area contributed by atoms with E-state index in [0.29, 0.717) is 6.04 Å². The van der Waals surface area contributed by atoms with Crippen molar-refractivity contribution < 1.29 is 1.43 Å². The lowest BCUT2D eigenvalue weighted by molar-refractivity contribution is 0.652. The second-order valence-electron chi connectivity index (χ2n) is 6.90. The van der Waals surface area contributed by atoms with Crippen LogP contribution in [0.25, 0.3) is 0 Å². The Labute approximate surface area is 166 Å². The minimum Gasteiger partial charge on any atom is -0.383 e. The van der Waals surface area contributed by atoms with E-state index in [1.54, 1.807) is 0 Å². The second kappa shape index (κ2) is 11.1. The maximum atomic E-state index is 3.63. The van der Waals surface area contributed by atoms with Gasteiger partial charge < -0.3 is 10.6 Å². The Morgan fingerprint density at radius 3 is 2.93 bits per heavy atom. The number of allylic oxidation sites excluding steroid dienone is 6. The first-order valence-electron chi connectivity index (χ1n) is 9.91. The normalized spacial score (nSPS) is 16.5. The highest BCUT2D eigenvalue weighted by atomic mass is 15.0. The van der Waals surface area contributed by atoms with Crippen LogP contribution in [0.2, 0.25) is 0 Å². The van der Waals surface area contributed by atoms with Crippen LogP contribution in [0.15, 0.2) is 66.2 Å². The number of hydrogen-bond donors (Lipinski definition) is 2. The van der Waals surface area contributed by atoms with E-state index >= 15 is 0 Å². The average molecular weight is 363 g/mol. The monoisotopic (exact) mass is 362 g/mol. The quantitative estimate of drug-likeness (QED) is 0.453. The lowest BCUT2D eigenvalue weighted by Gasteiger charge is -2.22. The van der Waals surface area contributed by atoms with Crippen molar-refractivity contribution in [3.05, 3.63) is 82.9 Å². The molecule has 1 aromatic rings. The number of benzene rings is 1. The van der Waals surface area contributed by atoms with Crippen LogP contribution in [0.4, 0.5) is 0 Å². The molecule has 1 unspecified atom stereocenters. The molecule has 144 valence electrons. The molecule has 0 fully saturated rings. The Balaban J connectivity index is 0.00000392. The number of hydrogen-bond acceptors (Lipinski definition) is 2. The Hall–Kier alpha value is -2.66. The molecule has 0 aliphatic carbocycles. The van der Waals surface area contributed by atoms with E-state index in [9.17, 15) is 0 Å². The average Bonchev–Trinajstić information content (AvgIpc) is 2.66. The van der Waals surface area contributed by atoms with Gasteiger partial charge in [-0.25, -0.2) is 0 Å². The molecule has 27 heavy (non-hydrogen) atoms. The maximum Gasteiger partial charge on any atom is 0.0629 e. The fraction of sp³-hybridized carbons (Fsp3) is 0.360. The highest BCUT2D eigenvalue weighted by Crippen LogP contribution is 2.15. The van der Waals surface area contributed by atoms with Crippen LogP contribution < -0.4 is 10.6 Å². The predicted octanol–water partition coefficient (Wildman–Crippen LogP) is 5.76. The third-order valence-electron chi connectivity index (χ3n) is 4.62. The van der Waals surface area contributed by atoms with Gasteiger partial charge in [0.25, 0.3) is 0 Å². The summed E-state index contributed by atoms with van der Waals surface area (Å²) in [6.07, 6.45) is 17.0. The predicted molar refractivity (Wildman–Crippen MR) is 119 cm³/mol. The zero-order valence-corrected chi connectivity index (χ0v) is 17.1. The van der Waals surface area contributed by atoms with Crippen LogP contribution in [-0.2, 0) is 6.42 Å². The molecule has 1 aliphatic heterocycles. The summed E-state index contributed by atoms with van der Waals surface area (Å²) >= 11 is 0. The van der Waals surface area contributed by atoms with Crippen molar-refractivity contribution in [1.29, 1.82) is 0 Å². The summed E-state index contributed by atoms with van der Waals surface area (Å²) < 4.78 is 0. The number of nitrogens with one attached hydrogen (secondary N) is 2. The number of aryl methyl sites for hydroxylation is 2. The SMILES string of the molecule is CC#Cc1ccc(CCC/C(=C/C=C/CC)NC2=CC=CNC2C)cc1C.[HH]. The molecule has 0 aromatic heterocycles. The molecule has 2 heteroatoms. The van der Waals surface area contributed by atoms with Gasteiger partial charge in [0.15, 0.2) is 0 Å². The van der Waals surface area contributed by atoms with Crippen molar-refractivity contribution in [2.75, 3.05) is 0 Å². The van der Waals surface area contributed by atoms with Crippen LogP contribution in [-0.4, -0.2) is 6.04 Å². The highest BCUT2D eigenvalue weighted by Gasteiger charge is 2.10. The van der Waals surface area contributed by atoms with Crippen molar-refractivity contribution in [3.63, 3.8) is 0 Å². The first kappa shape index (κ1) is 20.6. The van der Waals surface area contributed by atoms with Crippen LogP contribution in [0.5, 0.6) is 0 Å². The molecule has 1 aromatic carbocycles. The summed E-state index contributed by atoms with van der Waals surface area (Å²) in [6, 6.07) is 6.94. The molecule has 2 nitrogen and oxygen atoms in total. The van der Waals surface area contributed by atoms with E-state index in [4.69, 9.17) is 0 Å². The first-order chi connectivity index (χ1) is 13.1. The zero-order chi connectivity index (χ0) is 19.5. The van der Waals surface area contributed by atoms with E-state index in [2.05, 4.69) is 85.7 Å². The van der Waals surface area contributed by atoms with E-state index in [0.717, 1.165) is 31.2 Å². The van der Waals surface area contributed by atoms with Crippen molar-refractivity contribution >= 4 is 0 Å². The molecule has 1 heterocycles. The summed E-state index contributed by atoms with van der Waals surface area (Å²) in [5.74, 6) is 6.14. The van der Waals surface area contributed by atoms with Gasteiger partial charge in [-0.2, -0.15) is 0 Å². The molecule has 2 rings (SSSR count). The van der Waals surface area contributed by atoms with Crippen molar-refractivity contribution in [3.8, 4) is 11.8 Å². The lowest BCUT2D eigenvalue weighted by atomic mass is 10.0. The lowest BCUT2D eigenvalue weighted by Crippen LogP contribution is -2.32. The van der Waals surface area contributed by atoms with Crippen molar-refractivity contribution in [2.45, 2.75) is 59.4 Å². The fourth-order valence-corrected chi connectivity index (χ4v) is 3.07. The van der Waals surface area contributed by atoms with Gasteiger partial charge >= 0.3 is 0 Å². The molecular formula is C25H34N2. The van der Waals surface area contributed by atoms with Crippen LogP contribution >= 0.6 is 0 Å². The molecule has 0 spiro atoms. The largest absolute Gasteiger partial charge is 0.383 e. The van der Waals surface area contributed by atoms with Gasteiger partial charge in [0.1, 0.15) is 0 Å². The van der Waals surface area contributed by atoms with E-state index in [1.165, 1.54) is 22.5 Å².